The van der Waals surface area contributed by atoms with Crippen molar-refractivity contribution < 1.29 is 9.53 Å². The number of nitrogens with one attached hydrogen (secondary N) is 1. The molecule has 1 heterocycles. The van der Waals surface area contributed by atoms with Crippen LogP contribution in [0.4, 0.5) is 5.82 Å². The van der Waals surface area contributed by atoms with Gasteiger partial charge >= 0.3 is 5.97 Å². The Kier molecular flexibility index (Phi) is 4.88. The predicted octanol–water partition coefficient (Wildman–Crippen LogP) is 1.10. The van der Waals surface area contributed by atoms with E-state index < -0.39 is 0 Å². The first-order chi connectivity index (χ1) is 8.15. The molecule has 1 unspecified atom stereocenters. The molecule has 6 heteroatoms. The van der Waals surface area contributed by atoms with Gasteiger partial charge in [0, 0.05) is 6.04 Å². The molecule has 1 N–H and O–H groups in total. The van der Waals surface area contributed by atoms with Crippen molar-refractivity contribution >= 4 is 11.8 Å². The second-order valence-corrected chi connectivity index (χ2v) is 3.45. The van der Waals surface area contributed by atoms with Gasteiger partial charge < -0.3 is 10.1 Å². The number of rotatable bonds is 5. The van der Waals surface area contributed by atoms with E-state index in [4.69, 9.17) is 10.00 Å². The molecule has 90 valence electrons. The van der Waals surface area contributed by atoms with Gasteiger partial charge in [-0.2, -0.15) is 5.26 Å². The topological polar surface area (TPSA) is 87.9 Å². The zero-order valence-electron chi connectivity index (χ0n) is 9.80. The van der Waals surface area contributed by atoms with Crippen LogP contribution in [0.1, 0.15) is 26.0 Å². The smallest absolute Gasteiger partial charge is 0.307 e. The molecule has 0 amide bonds. The maximum Gasteiger partial charge on any atom is 0.307 e. The minimum absolute atomic E-state index is 0.101. The zero-order chi connectivity index (χ0) is 12.7. The Hall–Kier alpha value is -2.16. The van der Waals surface area contributed by atoms with Gasteiger partial charge in [0.25, 0.3) is 0 Å². The predicted molar refractivity (Wildman–Crippen MR) is 61.1 cm³/mol. The standard InChI is InChI=1S/C11H14N4O2/c1-3-17-11(16)4-8(2)15-10-7-13-9(5-12)6-14-10/h6-8H,3-4H2,1-2H3,(H,14,15). The van der Waals surface area contributed by atoms with E-state index in [-0.39, 0.29) is 24.1 Å². The first-order valence-electron chi connectivity index (χ1n) is 5.30. The Balaban J connectivity index is 2.47. The number of carbonyl (C=O) groups excluding carboxylic acids is 1. The highest BCUT2D eigenvalue weighted by Crippen LogP contribution is 2.05. The molecule has 0 aliphatic carbocycles. The maximum atomic E-state index is 11.2. The summed E-state index contributed by atoms with van der Waals surface area (Å²) in [7, 11) is 0. The van der Waals surface area contributed by atoms with Gasteiger partial charge in [-0.25, -0.2) is 9.97 Å². The Morgan fingerprint density at radius 3 is 2.88 bits per heavy atom. The molecule has 1 aromatic heterocycles. The third-order valence-corrected chi connectivity index (χ3v) is 1.94. The van der Waals surface area contributed by atoms with Crippen molar-refractivity contribution in [1.29, 1.82) is 5.26 Å². The number of ether oxygens (including phenoxy) is 1. The number of aromatic nitrogens is 2. The maximum absolute atomic E-state index is 11.2. The van der Waals surface area contributed by atoms with E-state index in [2.05, 4.69) is 15.3 Å². The van der Waals surface area contributed by atoms with Crippen molar-refractivity contribution in [3.8, 4) is 6.07 Å². The number of hydrogen-bond donors (Lipinski definition) is 1. The van der Waals surface area contributed by atoms with Crippen molar-refractivity contribution in [2.75, 3.05) is 11.9 Å². The molecule has 1 atom stereocenters. The molecule has 0 fully saturated rings. The lowest BCUT2D eigenvalue weighted by Gasteiger charge is -2.12. The monoisotopic (exact) mass is 234 g/mol. The molecule has 0 aliphatic rings. The molecule has 0 aromatic carbocycles. The number of esters is 1. The summed E-state index contributed by atoms with van der Waals surface area (Å²) < 4.78 is 4.83. The van der Waals surface area contributed by atoms with Gasteiger partial charge in [0.15, 0.2) is 5.69 Å². The minimum atomic E-state index is -0.255. The van der Waals surface area contributed by atoms with Gasteiger partial charge in [0.2, 0.25) is 0 Å². The Bertz CT molecular complexity index is 410. The lowest BCUT2D eigenvalue weighted by Crippen LogP contribution is -2.21. The van der Waals surface area contributed by atoms with Gasteiger partial charge in [-0.3, -0.25) is 4.79 Å². The Morgan fingerprint density at radius 1 is 1.59 bits per heavy atom. The number of anilines is 1. The van der Waals surface area contributed by atoms with Crippen LogP contribution in [0.3, 0.4) is 0 Å². The highest BCUT2D eigenvalue weighted by atomic mass is 16.5. The van der Waals surface area contributed by atoms with Gasteiger partial charge in [0.1, 0.15) is 11.9 Å². The summed E-state index contributed by atoms with van der Waals surface area (Å²) in [4.78, 5) is 19.1. The van der Waals surface area contributed by atoms with Crippen LogP contribution in [0, 0.1) is 11.3 Å². The largest absolute Gasteiger partial charge is 0.466 e. The molecule has 0 bridgehead atoms. The zero-order valence-corrected chi connectivity index (χ0v) is 9.80. The number of carbonyl (C=O) groups is 1. The minimum Gasteiger partial charge on any atom is -0.466 e. The number of hydrogen-bond acceptors (Lipinski definition) is 6. The van der Waals surface area contributed by atoms with Crippen LogP contribution in [-0.2, 0) is 9.53 Å². The van der Waals surface area contributed by atoms with E-state index in [0.29, 0.717) is 12.4 Å². The summed E-state index contributed by atoms with van der Waals surface area (Å²) >= 11 is 0. The lowest BCUT2D eigenvalue weighted by molar-refractivity contribution is -0.143. The summed E-state index contributed by atoms with van der Waals surface area (Å²) in [6.45, 7) is 3.99. The van der Waals surface area contributed by atoms with E-state index in [1.54, 1.807) is 6.92 Å². The fourth-order valence-corrected chi connectivity index (χ4v) is 1.23. The molecule has 6 nitrogen and oxygen atoms in total. The number of nitriles is 1. The molecular formula is C11H14N4O2. The van der Waals surface area contributed by atoms with E-state index in [1.165, 1.54) is 12.4 Å². The normalized spacial score (nSPS) is 11.4. The second kappa shape index (κ2) is 6.43. The molecule has 0 aliphatic heterocycles. The summed E-state index contributed by atoms with van der Waals surface area (Å²) in [6.07, 6.45) is 3.09. The average Bonchev–Trinajstić information content (AvgIpc) is 2.30. The quantitative estimate of drug-likeness (QED) is 0.767. The van der Waals surface area contributed by atoms with Crippen molar-refractivity contribution in [2.24, 2.45) is 0 Å². The molecule has 0 saturated heterocycles. The van der Waals surface area contributed by atoms with E-state index in [1.807, 2.05) is 13.0 Å². The summed E-state index contributed by atoms with van der Waals surface area (Å²) in [6, 6.07) is 1.78. The molecule has 1 rings (SSSR count). The van der Waals surface area contributed by atoms with E-state index in [0.717, 1.165) is 0 Å². The third-order valence-electron chi connectivity index (χ3n) is 1.94. The molecule has 0 saturated carbocycles. The molecule has 1 aromatic rings. The van der Waals surface area contributed by atoms with Crippen LogP contribution in [0.15, 0.2) is 12.4 Å². The van der Waals surface area contributed by atoms with Crippen LogP contribution in [0.25, 0.3) is 0 Å². The molecule has 0 spiro atoms. The Labute approximate surface area is 99.6 Å². The summed E-state index contributed by atoms with van der Waals surface area (Å²) in [5.74, 6) is 0.273. The molecular weight excluding hydrogens is 220 g/mol. The van der Waals surface area contributed by atoms with E-state index >= 15 is 0 Å². The van der Waals surface area contributed by atoms with Gasteiger partial charge in [-0.05, 0) is 13.8 Å². The molecule has 0 radical (unpaired) electrons. The van der Waals surface area contributed by atoms with Crippen LogP contribution < -0.4 is 5.32 Å². The second-order valence-electron chi connectivity index (χ2n) is 3.45. The fraction of sp³-hybridized carbons (Fsp3) is 0.455. The van der Waals surface area contributed by atoms with E-state index in [9.17, 15) is 4.79 Å². The molecule has 17 heavy (non-hydrogen) atoms. The highest BCUT2D eigenvalue weighted by Gasteiger charge is 2.10. The van der Waals surface area contributed by atoms with Gasteiger partial charge in [0.05, 0.1) is 25.4 Å². The fourth-order valence-electron chi connectivity index (χ4n) is 1.23. The van der Waals surface area contributed by atoms with Crippen molar-refractivity contribution in [3.63, 3.8) is 0 Å². The van der Waals surface area contributed by atoms with Crippen LogP contribution in [0.2, 0.25) is 0 Å². The van der Waals surface area contributed by atoms with Gasteiger partial charge in [-0.1, -0.05) is 0 Å². The third kappa shape index (κ3) is 4.47. The first-order valence-corrected chi connectivity index (χ1v) is 5.30. The van der Waals surface area contributed by atoms with Crippen LogP contribution in [0.5, 0.6) is 0 Å². The van der Waals surface area contributed by atoms with Gasteiger partial charge in [-0.15, -0.1) is 0 Å². The average molecular weight is 234 g/mol. The van der Waals surface area contributed by atoms with Crippen molar-refractivity contribution in [3.05, 3.63) is 18.1 Å². The van der Waals surface area contributed by atoms with Crippen molar-refractivity contribution in [1.82, 2.24) is 9.97 Å². The first kappa shape index (κ1) is 12.9. The van der Waals surface area contributed by atoms with Crippen LogP contribution in [-0.4, -0.2) is 28.6 Å². The van der Waals surface area contributed by atoms with Crippen LogP contribution >= 0.6 is 0 Å². The summed E-state index contributed by atoms with van der Waals surface area (Å²) in [5, 5.41) is 11.6. The highest BCUT2D eigenvalue weighted by molar-refractivity contribution is 5.70. The number of nitrogens with zero attached hydrogens (tertiary/aromatic N) is 3. The Morgan fingerprint density at radius 2 is 2.35 bits per heavy atom. The SMILES string of the molecule is CCOC(=O)CC(C)Nc1cnc(C#N)cn1. The lowest BCUT2D eigenvalue weighted by atomic mass is 10.2. The summed E-state index contributed by atoms with van der Waals surface area (Å²) in [5.41, 5.74) is 0.258. The van der Waals surface area contributed by atoms with Crippen molar-refractivity contribution in [2.45, 2.75) is 26.3 Å².